The zero-order chi connectivity index (χ0) is 14.9. The van der Waals surface area contributed by atoms with Crippen LogP contribution in [0.2, 0.25) is 0 Å². The monoisotopic (exact) mass is 408 g/mol. The molecule has 2 atom stereocenters. The average molecular weight is 408 g/mol. The van der Waals surface area contributed by atoms with Gasteiger partial charge in [-0.15, -0.1) is 11.3 Å². The van der Waals surface area contributed by atoms with Crippen molar-refractivity contribution in [1.29, 1.82) is 0 Å². The maximum atomic E-state index is 11.4. The minimum absolute atomic E-state index is 0.0413. The lowest BCUT2D eigenvalue weighted by Crippen LogP contribution is -2.51. The normalized spacial score (nSPS) is 23.9. The van der Waals surface area contributed by atoms with Crippen LogP contribution < -0.4 is 0 Å². The summed E-state index contributed by atoms with van der Waals surface area (Å²) in [6.07, 6.45) is 0.965. The second-order valence-electron chi connectivity index (χ2n) is 6.39. The molecule has 1 N–H and O–H groups in total. The number of carbonyl (C=O) groups is 1. The Hall–Kier alpha value is -0.370. The van der Waals surface area contributed by atoms with Crippen LogP contribution in [0.3, 0.4) is 0 Å². The standard InChI is InChI=1S/C14H21IN2O2S/c1-14(2,3)11-6-9(4-5-17(11)13(18)19)12-16-10(7-15)8-20-12/h8-9,11H,4-7H2,1-3H3,(H,18,19). The first kappa shape index (κ1) is 16.0. The van der Waals surface area contributed by atoms with Gasteiger partial charge < -0.3 is 10.0 Å². The molecule has 4 nitrogen and oxygen atoms in total. The van der Waals surface area contributed by atoms with E-state index in [1.807, 2.05) is 0 Å². The quantitative estimate of drug-likeness (QED) is 0.585. The molecule has 0 bridgehead atoms. The molecule has 112 valence electrons. The lowest BCUT2D eigenvalue weighted by molar-refractivity contribution is 0.0525. The second-order valence-corrected chi connectivity index (χ2v) is 8.04. The van der Waals surface area contributed by atoms with Crippen molar-refractivity contribution < 1.29 is 9.90 Å². The van der Waals surface area contributed by atoms with Gasteiger partial charge in [-0.3, -0.25) is 0 Å². The topological polar surface area (TPSA) is 53.4 Å². The molecule has 1 fully saturated rings. The van der Waals surface area contributed by atoms with E-state index in [0.29, 0.717) is 12.5 Å². The lowest BCUT2D eigenvalue weighted by atomic mass is 9.77. The van der Waals surface area contributed by atoms with Gasteiger partial charge in [-0.05, 0) is 18.3 Å². The highest BCUT2D eigenvalue weighted by molar-refractivity contribution is 14.1. The minimum atomic E-state index is -0.796. The molecule has 1 saturated heterocycles. The van der Waals surface area contributed by atoms with Crippen molar-refractivity contribution in [2.24, 2.45) is 5.41 Å². The van der Waals surface area contributed by atoms with E-state index in [1.54, 1.807) is 16.2 Å². The Morgan fingerprint density at radius 2 is 2.30 bits per heavy atom. The number of aromatic nitrogens is 1. The van der Waals surface area contributed by atoms with Crippen LogP contribution >= 0.6 is 33.9 Å². The van der Waals surface area contributed by atoms with Gasteiger partial charge in [0.25, 0.3) is 0 Å². The largest absolute Gasteiger partial charge is 0.465 e. The maximum Gasteiger partial charge on any atom is 0.407 e. The number of likely N-dealkylation sites (tertiary alicyclic amines) is 1. The van der Waals surface area contributed by atoms with Gasteiger partial charge >= 0.3 is 6.09 Å². The minimum Gasteiger partial charge on any atom is -0.465 e. The summed E-state index contributed by atoms with van der Waals surface area (Å²) in [6.45, 7) is 6.97. The Balaban J connectivity index is 2.18. The predicted molar refractivity (Wildman–Crippen MR) is 89.8 cm³/mol. The molecule has 2 heterocycles. The summed E-state index contributed by atoms with van der Waals surface area (Å²) < 4.78 is 0.935. The van der Waals surface area contributed by atoms with E-state index in [4.69, 9.17) is 0 Å². The fourth-order valence-electron chi connectivity index (χ4n) is 2.81. The molecule has 0 aromatic carbocycles. The Morgan fingerprint density at radius 3 is 2.80 bits per heavy atom. The third-order valence-electron chi connectivity index (χ3n) is 3.90. The van der Waals surface area contributed by atoms with Crippen molar-refractivity contribution in [2.75, 3.05) is 6.54 Å². The number of hydrogen-bond acceptors (Lipinski definition) is 3. The van der Waals surface area contributed by atoms with Crippen molar-refractivity contribution in [2.45, 2.75) is 50.0 Å². The molecule has 0 spiro atoms. The number of hydrogen-bond donors (Lipinski definition) is 1. The molecule has 2 unspecified atom stereocenters. The highest BCUT2D eigenvalue weighted by Gasteiger charge is 2.39. The number of halogens is 1. The zero-order valence-electron chi connectivity index (χ0n) is 12.1. The smallest absolute Gasteiger partial charge is 0.407 e. The van der Waals surface area contributed by atoms with Crippen LogP contribution in [-0.2, 0) is 4.43 Å². The number of nitrogens with zero attached hydrogens (tertiary/aromatic N) is 2. The number of carboxylic acid groups (broad SMARTS) is 1. The summed E-state index contributed by atoms with van der Waals surface area (Å²) in [6, 6.07) is 0.0608. The fraction of sp³-hybridized carbons (Fsp3) is 0.714. The summed E-state index contributed by atoms with van der Waals surface area (Å²) in [4.78, 5) is 17.7. The van der Waals surface area contributed by atoms with E-state index in [1.165, 1.54) is 5.01 Å². The van der Waals surface area contributed by atoms with Crippen LogP contribution in [-0.4, -0.2) is 33.7 Å². The van der Waals surface area contributed by atoms with Gasteiger partial charge in [0.15, 0.2) is 0 Å². The SMILES string of the molecule is CC(C)(C)C1CC(c2nc(CI)cs2)CCN1C(=O)O. The molecule has 1 aromatic heterocycles. The van der Waals surface area contributed by atoms with Crippen LogP contribution in [0.1, 0.15) is 50.2 Å². The van der Waals surface area contributed by atoms with Gasteiger partial charge in [-0.2, -0.15) is 0 Å². The molecule has 1 aromatic rings. The van der Waals surface area contributed by atoms with Crippen LogP contribution in [0.4, 0.5) is 4.79 Å². The molecule has 0 radical (unpaired) electrons. The van der Waals surface area contributed by atoms with E-state index < -0.39 is 6.09 Å². The van der Waals surface area contributed by atoms with Gasteiger partial charge in [0.1, 0.15) is 0 Å². The van der Waals surface area contributed by atoms with Gasteiger partial charge in [0.2, 0.25) is 0 Å². The molecular formula is C14H21IN2O2S. The van der Waals surface area contributed by atoms with Crippen molar-refractivity contribution in [3.8, 4) is 0 Å². The first-order valence-corrected chi connectivity index (χ1v) is 9.23. The summed E-state index contributed by atoms with van der Waals surface area (Å²) in [5, 5.41) is 12.7. The zero-order valence-corrected chi connectivity index (χ0v) is 15.1. The molecule has 1 aliphatic heterocycles. The van der Waals surface area contributed by atoms with Gasteiger partial charge in [0, 0.05) is 28.3 Å². The van der Waals surface area contributed by atoms with Crippen molar-refractivity contribution in [3.63, 3.8) is 0 Å². The number of rotatable bonds is 2. The summed E-state index contributed by atoms with van der Waals surface area (Å²) >= 11 is 4.05. The molecule has 6 heteroatoms. The van der Waals surface area contributed by atoms with Crippen molar-refractivity contribution >= 4 is 40.0 Å². The van der Waals surface area contributed by atoms with Crippen LogP contribution in [0.5, 0.6) is 0 Å². The average Bonchev–Trinajstić information content (AvgIpc) is 2.85. The molecule has 0 saturated carbocycles. The molecule has 20 heavy (non-hydrogen) atoms. The third-order valence-corrected chi connectivity index (χ3v) is 5.74. The van der Waals surface area contributed by atoms with Gasteiger partial charge in [-0.1, -0.05) is 43.4 Å². The van der Waals surface area contributed by atoms with Crippen molar-refractivity contribution in [3.05, 3.63) is 16.1 Å². The van der Waals surface area contributed by atoms with Crippen LogP contribution in [0.15, 0.2) is 5.38 Å². The first-order valence-electron chi connectivity index (χ1n) is 6.82. The summed E-state index contributed by atoms with van der Waals surface area (Å²) in [5.41, 5.74) is 1.10. The summed E-state index contributed by atoms with van der Waals surface area (Å²) in [5.74, 6) is 0.400. The van der Waals surface area contributed by atoms with E-state index in [0.717, 1.165) is 23.0 Å². The number of alkyl halides is 1. The molecule has 0 aliphatic carbocycles. The Labute approximate surface area is 137 Å². The van der Waals surface area contributed by atoms with E-state index in [2.05, 4.69) is 53.7 Å². The first-order chi connectivity index (χ1) is 9.32. The molecule has 1 aliphatic rings. The fourth-order valence-corrected chi connectivity index (χ4v) is 4.47. The Bertz CT molecular complexity index is 484. The van der Waals surface area contributed by atoms with Gasteiger partial charge in [-0.25, -0.2) is 9.78 Å². The lowest BCUT2D eigenvalue weighted by Gasteiger charge is -2.44. The van der Waals surface area contributed by atoms with Crippen molar-refractivity contribution in [1.82, 2.24) is 9.88 Å². The van der Waals surface area contributed by atoms with Crippen LogP contribution in [0, 0.1) is 5.41 Å². The van der Waals surface area contributed by atoms with E-state index >= 15 is 0 Å². The molecule has 1 amide bonds. The number of thiazole rings is 1. The summed E-state index contributed by atoms with van der Waals surface area (Å²) in [7, 11) is 0. The van der Waals surface area contributed by atoms with E-state index in [-0.39, 0.29) is 11.5 Å². The van der Waals surface area contributed by atoms with E-state index in [9.17, 15) is 9.90 Å². The second kappa shape index (κ2) is 6.17. The predicted octanol–water partition coefficient (Wildman–Crippen LogP) is 4.35. The van der Waals surface area contributed by atoms with Gasteiger partial charge in [0.05, 0.1) is 10.7 Å². The van der Waals surface area contributed by atoms with Crippen LogP contribution in [0.25, 0.3) is 0 Å². The third kappa shape index (κ3) is 3.44. The Kier molecular flexibility index (Phi) is 4.94. The molecular weight excluding hydrogens is 387 g/mol. The number of amides is 1. The molecule has 2 rings (SSSR count). The highest BCUT2D eigenvalue weighted by atomic mass is 127. The number of piperidine rings is 1. The maximum absolute atomic E-state index is 11.4. The highest BCUT2D eigenvalue weighted by Crippen LogP contribution is 2.39. The Morgan fingerprint density at radius 1 is 1.60 bits per heavy atom.